The zero-order valence-corrected chi connectivity index (χ0v) is 19.0. The first-order chi connectivity index (χ1) is 15.6. The normalized spacial score (nSPS) is 14.1. The Labute approximate surface area is 191 Å². The zero-order chi connectivity index (χ0) is 22.8. The molecule has 32 heavy (non-hydrogen) atoms. The fourth-order valence-electron chi connectivity index (χ4n) is 4.20. The first-order valence-electron chi connectivity index (χ1n) is 11.6. The van der Waals surface area contributed by atoms with Crippen LogP contribution in [0, 0.1) is 5.92 Å². The molecule has 0 heterocycles. The molecule has 172 valence electrons. The summed E-state index contributed by atoms with van der Waals surface area (Å²) in [4.78, 5) is 27.4. The minimum atomic E-state index is -0.0695. The van der Waals surface area contributed by atoms with Crippen LogP contribution in [0.3, 0.4) is 0 Å². The minimum Gasteiger partial charge on any atom is -0.497 e. The highest BCUT2D eigenvalue weighted by Gasteiger charge is 2.25. The van der Waals surface area contributed by atoms with Gasteiger partial charge in [-0.3, -0.25) is 9.59 Å². The summed E-state index contributed by atoms with van der Waals surface area (Å²) in [6, 6.07) is 15.2. The lowest BCUT2D eigenvalue weighted by Gasteiger charge is -2.29. The average molecular weight is 438 g/mol. The number of carbonyl (C=O) groups is 2. The molecule has 0 bridgehead atoms. The number of hydrogen-bond acceptors (Lipinski definition) is 4. The topological polar surface area (TPSA) is 84.7 Å². The van der Waals surface area contributed by atoms with Crippen molar-refractivity contribution in [1.29, 1.82) is 0 Å². The molecule has 2 aromatic rings. The average Bonchev–Trinajstić information content (AvgIpc) is 2.83. The predicted molar refractivity (Wildman–Crippen MR) is 127 cm³/mol. The van der Waals surface area contributed by atoms with Crippen molar-refractivity contribution >= 4 is 17.5 Å². The molecule has 0 saturated heterocycles. The summed E-state index contributed by atoms with van der Waals surface area (Å²) >= 11 is 0. The maximum atomic E-state index is 13.1. The SMILES string of the molecule is COc1ccc(CC(=O)Nc2ccc(CN(CCCN)C(=O)C3CCCCC3)cc2)cc1. The van der Waals surface area contributed by atoms with Crippen molar-refractivity contribution in [2.24, 2.45) is 11.7 Å². The Kier molecular flexibility index (Phi) is 9.11. The molecule has 6 heteroatoms. The third-order valence-electron chi connectivity index (χ3n) is 6.03. The van der Waals surface area contributed by atoms with Gasteiger partial charge in [0.05, 0.1) is 13.5 Å². The summed E-state index contributed by atoms with van der Waals surface area (Å²) in [6.07, 6.45) is 6.62. The molecule has 0 radical (unpaired) electrons. The van der Waals surface area contributed by atoms with Crippen molar-refractivity contribution in [2.75, 3.05) is 25.5 Å². The Morgan fingerprint density at radius 3 is 2.28 bits per heavy atom. The molecule has 0 atom stereocenters. The number of nitrogens with one attached hydrogen (secondary N) is 1. The van der Waals surface area contributed by atoms with Gasteiger partial charge < -0.3 is 20.7 Å². The van der Waals surface area contributed by atoms with Gasteiger partial charge in [0.15, 0.2) is 0 Å². The number of ether oxygens (including phenoxy) is 1. The summed E-state index contributed by atoms with van der Waals surface area (Å²) < 4.78 is 5.15. The number of carbonyl (C=O) groups excluding carboxylic acids is 2. The van der Waals surface area contributed by atoms with Crippen molar-refractivity contribution in [2.45, 2.75) is 51.5 Å². The van der Waals surface area contributed by atoms with E-state index in [4.69, 9.17) is 10.5 Å². The highest BCUT2D eigenvalue weighted by Crippen LogP contribution is 2.26. The summed E-state index contributed by atoms with van der Waals surface area (Å²) in [5.41, 5.74) is 8.43. The Morgan fingerprint density at radius 1 is 1.00 bits per heavy atom. The molecule has 1 fully saturated rings. The van der Waals surface area contributed by atoms with Crippen molar-refractivity contribution < 1.29 is 14.3 Å². The molecule has 0 aromatic heterocycles. The highest BCUT2D eigenvalue weighted by atomic mass is 16.5. The Hall–Kier alpha value is -2.86. The Morgan fingerprint density at radius 2 is 1.66 bits per heavy atom. The maximum Gasteiger partial charge on any atom is 0.228 e. The Bertz CT molecular complexity index is 859. The van der Waals surface area contributed by atoms with E-state index >= 15 is 0 Å². The smallest absolute Gasteiger partial charge is 0.228 e. The number of rotatable bonds is 10. The van der Waals surface area contributed by atoms with Gasteiger partial charge in [-0.05, 0) is 61.2 Å². The number of benzene rings is 2. The van der Waals surface area contributed by atoms with E-state index < -0.39 is 0 Å². The second kappa shape index (κ2) is 12.2. The van der Waals surface area contributed by atoms with Gasteiger partial charge >= 0.3 is 0 Å². The molecular formula is C26H35N3O3. The van der Waals surface area contributed by atoms with E-state index in [0.29, 0.717) is 26.1 Å². The standard InChI is InChI=1S/C26H35N3O3/c1-32-24-14-10-20(11-15-24)18-25(30)28-23-12-8-21(9-13-23)19-29(17-5-16-27)26(31)22-6-3-2-4-7-22/h8-15,22H,2-7,16-19,27H2,1H3,(H,28,30). The molecule has 1 aliphatic rings. The molecular weight excluding hydrogens is 402 g/mol. The van der Waals surface area contributed by atoms with E-state index in [2.05, 4.69) is 5.32 Å². The zero-order valence-electron chi connectivity index (χ0n) is 19.0. The molecule has 2 aromatic carbocycles. The van der Waals surface area contributed by atoms with Gasteiger partial charge in [-0.15, -0.1) is 0 Å². The molecule has 6 nitrogen and oxygen atoms in total. The molecule has 1 saturated carbocycles. The Balaban J connectivity index is 1.56. The van der Waals surface area contributed by atoms with Gasteiger partial charge in [0.25, 0.3) is 0 Å². The molecule has 3 rings (SSSR count). The van der Waals surface area contributed by atoms with Crippen molar-refractivity contribution in [1.82, 2.24) is 4.90 Å². The van der Waals surface area contributed by atoms with Crippen LogP contribution < -0.4 is 15.8 Å². The predicted octanol–water partition coefficient (Wildman–Crippen LogP) is 4.13. The van der Waals surface area contributed by atoms with Crippen molar-refractivity contribution in [3.63, 3.8) is 0 Å². The number of anilines is 1. The van der Waals surface area contributed by atoms with E-state index in [1.54, 1.807) is 7.11 Å². The van der Waals surface area contributed by atoms with Crippen LogP contribution in [0.4, 0.5) is 5.69 Å². The summed E-state index contributed by atoms with van der Waals surface area (Å²) in [7, 11) is 1.62. The quantitative estimate of drug-likeness (QED) is 0.585. The van der Waals surface area contributed by atoms with Gasteiger partial charge in [0, 0.05) is 24.7 Å². The van der Waals surface area contributed by atoms with Gasteiger partial charge in [0.2, 0.25) is 11.8 Å². The maximum absolute atomic E-state index is 13.1. The van der Waals surface area contributed by atoms with E-state index in [1.807, 2.05) is 53.4 Å². The first-order valence-corrected chi connectivity index (χ1v) is 11.6. The molecule has 3 N–H and O–H groups in total. The largest absolute Gasteiger partial charge is 0.497 e. The van der Waals surface area contributed by atoms with Crippen LogP contribution >= 0.6 is 0 Å². The van der Waals surface area contributed by atoms with Crippen molar-refractivity contribution in [3.8, 4) is 5.75 Å². The van der Waals surface area contributed by atoms with Crippen LogP contribution in [0.5, 0.6) is 5.75 Å². The van der Waals surface area contributed by atoms with Gasteiger partial charge in [-0.2, -0.15) is 0 Å². The van der Waals surface area contributed by atoms with Crippen LogP contribution in [0.1, 0.15) is 49.7 Å². The molecule has 1 aliphatic carbocycles. The lowest BCUT2D eigenvalue weighted by atomic mass is 9.88. The van der Waals surface area contributed by atoms with E-state index in [9.17, 15) is 9.59 Å². The second-order valence-corrected chi connectivity index (χ2v) is 8.51. The molecule has 0 spiro atoms. The van der Waals surface area contributed by atoms with E-state index in [-0.39, 0.29) is 17.7 Å². The third kappa shape index (κ3) is 7.09. The monoisotopic (exact) mass is 437 g/mol. The van der Waals surface area contributed by atoms with Gasteiger partial charge in [-0.1, -0.05) is 43.5 Å². The third-order valence-corrected chi connectivity index (χ3v) is 6.03. The van der Waals surface area contributed by atoms with Gasteiger partial charge in [0.1, 0.15) is 5.75 Å². The number of methoxy groups -OCH3 is 1. The minimum absolute atomic E-state index is 0.0695. The van der Waals surface area contributed by atoms with Crippen molar-refractivity contribution in [3.05, 3.63) is 59.7 Å². The fourth-order valence-corrected chi connectivity index (χ4v) is 4.20. The number of nitrogens with zero attached hydrogens (tertiary/aromatic N) is 1. The lowest BCUT2D eigenvalue weighted by molar-refractivity contribution is -0.137. The summed E-state index contributed by atoms with van der Waals surface area (Å²) in [5, 5.41) is 2.94. The fraction of sp³-hybridized carbons (Fsp3) is 0.462. The van der Waals surface area contributed by atoms with Crippen LogP contribution in [0.15, 0.2) is 48.5 Å². The van der Waals surface area contributed by atoms with Crippen LogP contribution in [-0.2, 0) is 22.6 Å². The first kappa shape index (κ1) is 23.8. The van der Waals surface area contributed by atoms with Gasteiger partial charge in [-0.25, -0.2) is 0 Å². The lowest BCUT2D eigenvalue weighted by Crippen LogP contribution is -2.37. The highest BCUT2D eigenvalue weighted by molar-refractivity contribution is 5.92. The van der Waals surface area contributed by atoms with Crippen LogP contribution in [0.2, 0.25) is 0 Å². The molecule has 0 unspecified atom stereocenters. The molecule has 2 amide bonds. The second-order valence-electron chi connectivity index (χ2n) is 8.51. The molecule has 0 aliphatic heterocycles. The number of nitrogens with two attached hydrogens (primary N) is 1. The summed E-state index contributed by atoms with van der Waals surface area (Å²) in [6.45, 7) is 1.84. The van der Waals surface area contributed by atoms with E-state index in [0.717, 1.165) is 54.7 Å². The van der Waals surface area contributed by atoms with Crippen LogP contribution in [-0.4, -0.2) is 36.9 Å². The van der Waals surface area contributed by atoms with Crippen LogP contribution in [0.25, 0.3) is 0 Å². The summed E-state index contributed by atoms with van der Waals surface area (Å²) in [5.74, 6) is 1.11. The number of hydrogen-bond donors (Lipinski definition) is 2. The number of amides is 2. The van der Waals surface area contributed by atoms with E-state index in [1.165, 1.54) is 6.42 Å².